The van der Waals surface area contributed by atoms with Gasteiger partial charge in [-0.15, -0.1) is 0 Å². The standard InChI is InChI=1S/C20H14.3C16H14/c1-3-7-17-13(5-1)11-15-9-10-16-12-14-6-2-4-8-18(14)20(16)19(15)17;1-2-7-15-13(4-1)9-14-8-11-5-3-6-12(11)10-16(14)15;1-2-6-15-12(4-1)10-13-9-8-11-5-3-7-14(11)16(13)15;1-2-6-14-12(4-1)10-16-13-7-3-5-11(13)8-9-15(14)16/h1-10H,11-12H2;1-2,4,7-8,10H,3,5-6,9H2;2*1-2,4,6,8-9H,3,5,7,10H2. The third-order valence-corrected chi connectivity index (χ3v) is 16.8. The molecule has 0 spiro atoms. The number of benzene rings is 9. The summed E-state index contributed by atoms with van der Waals surface area (Å²) in [6.07, 6.45) is 17.4. The van der Waals surface area contributed by atoms with E-state index in [-0.39, 0.29) is 0 Å². The maximum atomic E-state index is 2.46. The Labute approximate surface area is 402 Å². The zero-order chi connectivity index (χ0) is 44.7. The van der Waals surface area contributed by atoms with Crippen molar-refractivity contribution in [2.45, 2.75) is 89.9 Å². The van der Waals surface area contributed by atoms with Crippen molar-refractivity contribution >= 4 is 0 Å². The maximum absolute atomic E-state index is 2.46. The Morgan fingerprint density at radius 3 is 1.18 bits per heavy atom. The number of hydrogen-bond acceptors (Lipinski definition) is 0. The third kappa shape index (κ3) is 6.63. The molecule has 8 aliphatic rings. The normalized spacial score (nSPS) is 15.1. The summed E-state index contributed by atoms with van der Waals surface area (Å²) in [5.74, 6) is 0. The zero-order valence-electron chi connectivity index (χ0n) is 39.1. The maximum Gasteiger partial charge on any atom is -0.00106 e. The molecule has 0 heteroatoms. The Balaban J connectivity index is 0.0000000862. The highest BCUT2D eigenvalue weighted by atomic mass is 14.3. The summed E-state index contributed by atoms with van der Waals surface area (Å²) >= 11 is 0. The number of aryl methyl sites for hydroxylation is 4. The summed E-state index contributed by atoms with van der Waals surface area (Å²) in [6.45, 7) is 0. The van der Waals surface area contributed by atoms with Crippen LogP contribution in [0.25, 0.3) is 55.6 Å². The van der Waals surface area contributed by atoms with Crippen molar-refractivity contribution in [1.82, 2.24) is 0 Å². The van der Waals surface area contributed by atoms with Crippen molar-refractivity contribution in [3.05, 3.63) is 259 Å². The van der Waals surface area contributed by atoms with E-state index >= 15 is 0 Å². The molecule has 9 aromatic rings. The minimum Gasteiger partial charge on any atom is -0.0619 e. The van der Waals surface area contributed by atoms with Gasteiger partial charge in [0.2, 0.25) is 0 Å². The van der Waals surface area contributed by atoms with Gasteiger partial charge in [0.1, 0.15) is 0 Å². The van der Waals surface area contributed by atoms with Crippen molar-refractivity contribution in [1.29, 1.82) is 0 Å². The van der Waals surface area contributed by atoms with Crippen LogP contribution in [0.5, 0.6) is 0 Å². The van der Waals surface area contributed by atoms with Crippen LogP contribution in [0.4, 0.5) is 0 Å². The van der Waals surface area contributed by atoms with Crippen LogP contribution in [0, 0.1) is 0 Å². The van der Waals surface area contributed by atoms with Gasteiger partial charge >= 0.3 is 0 Å². The number of rotatable bonds is 0. The first-order chi connectivity index (χ1) is 33.7. The Hall–Kier alpha value is -7.02. The van der Waals surface area contributed by atoms with E-state index in [1.54, 1.807) is 55.6 Å². The zero-order valence-corrected chi connectivity index (χ0v) is 39.1. The monoisotopic (exact) mass is 872 g/mol. The lowest BCUT2D eigenvalue weighted by Crippen LogP contribution is -1.91. The van der Waals surface area contributed by atoms with E-state index in [0.29, 0.717) is 0 Å². The second-order valence-corrected chi connectivity index (χ2v) is 20.6. The molecule has 0 radical (unpaired) electrons. The summed E-state index contributed by atoms with van der Waals surface area (Å²) in [4.78, 5) is 0. The topological polar surface area (TPSA) is 0 Å². The van der Waals surface area contributed by atoms with Gasteiger partial charge in [-0.3, -0.25) is 0 Å². The average Bonchev–Trinajstić information content (AvgIpc) is 4.25. The molecule has 0 heterocycles. The molecule has 8 aliphatic carbocycles. The van der Waals surface area contributed by atoms with Gasteiger partial charge in [-0.1, -0.05) is 170 Å². The Bertz CT molecular complexity index is 3440. The lowest BCUT2D eigenvalue weighted by atomic mass is 9.94. The minimum absolute atomic E-state index is 1.08. The summed E-state index contributed by atoms with van der Waals surface area (Å²) in [5, 5.41) is 0. The Morgan fingerprint density at radius 1 is 0.191 bits per heavy atom. The summed E-state index contributed by atoms with van der Waals surface area (Å²) in [5.41, 5.74) is 39.7. The van der Waals surface area contributed by atoms with Crippen LogP contribution in [-0.2, 0) is 70.6 Å². The number of fused-ring (bicyclic) bond motifs is 21. The second kappa shape index (κ2) is 16.3. The highest BCUT2D eigenvalue weighted by Gasteiger charge is 2.29. The first kappa shape index (κ1) is 40.1. The van der Waals surface area contributed by atoms with E-state index in [4.69, 9.17) is 0 Å². The van der Waals surface area contributed by atoms with Gasteiger partial charge in [0.05, 0.1) is 0 Å². The summed E-state index contributed by atoms with van der Waals surface area (Å²) in [7, 11) is 0. The average molecular weight is 873 g/mol. The SMILES string of the molecule is c1ccc2c(c1)Cc1c-2ccc2c1CCC2.c1ccc2c(c1)Cc1cc3c(cc1-2)CCC3.c1ccc2c(c1)Cc1ccc3c(c1-2)-c1ccccc1C3.c1ccc2c(c1)Cc1ccc3c(c1-2)CCC3. The molecular formula is C68H56. The molecule has 17 rings (SSSR count). The van der Waals surface area contributed by atoms with Gasteiger partial charge in [0, 0.05) is 0 Å². The molecule has 328 valence electrons. The van der Waals surface area contributed by atoms with Crippen LogP contribution in [0.15, 0.2) is 170 Å². The molecule has 0 nitrogen and oxygen atoms in total. The van der Waals surface area contributed by atoms with E-state index in [0.717, 1.165) is 32.1 Å². The molecule has 0 fully saturated rings. The lowest BCUT2D eigenvalue weighted by molar-refractivity contribution is 0.908. The molecule has 0 aromatic heterocycles. The lowest BCUT2D eigenvalue weighted by Gasteiger charge is -2.10. The Kier molecular flexibility index (Phi) is 9.64. The van der Waals surface area contributed by atoms with Gasteiger partial charge in [0.25, 0.3) is 0 Å². The second-order valence-electron chi connectivity index (χ2n) is 20.6. The minimum atomic E-state index is 1.08. The molecule has 0 saturated carbocycles. The van der Waals surface area contributed by atoms with Gasteiger partial charge in [-0.05, 0) is 235 Å². The first-order valence-electron chi connectivity index (χ1n) is 25.7. The van der Waals surface area contributed by atoms with Crippen LogP contribution in [0.1, 0.15) is 108 Å². The van der Waals surface area contributed by atoms with Crippen LogP contribution < -0.4 is 0 Å². The molecule has 9 aromatic carbocycles. The fourth-order valence-corrected chi connectivity index (χ4v) is 13.7. The van der Waals surface area contributed by atoms with Crippen LogP contribution in [0.3, 0.4) is 0 Å². The fraction of sp³-hybridized carbons (Fsp3) is 0.206. The van der Waals surface area contributed by atoms with E-state index < -0.39 is 0 Å². The highest BCUT2D eigenvalue weighted by molar-refractivity contribution is 5.95. The van der Waals surface area contributed by atoms with Gasteiger partial charge in [-0.2, -0.15) is 0 Å². The Morgan fingerprint density at radius 2 is 0.574 bits per heavy atom. The van der Waals surface area contributed by atoms with Crippen molar-refractivity contribution in [2.24, 2.45) is 0 Å². The van der Waals surface area contributed by atoms with E-state index in [1.165, 1.54) is 147 Å². The van der Waals surface area contributed by atoms with Crippen molar-refractivity contribution in [3.8, 4) is 55.6 Å². The quantitative estimate of drug-likeness (QED) is 0.142. The first-order valence-corrected chi connectivity index (χ1v) is 25.7. The van der Waals surface area contributed by atoms with Gasteiger partial charge in [-0.25, -0.2) is 0 Å². The third-order valence-electron chi connectivity index (χ3n) is 16.8. The molecule has 0 N–H and O–H groups in total. The molecule has 68 heavy (non-hydrogen) atoms. The molecule has 0 aliphatic heterocycles. The van der Waals surface area contributed by atoms with Crippen molar-refractivity contribution in [3.63, 3.8) is 0 Å². The van der Waals surface area contributed by atoms with Crippen molar-refractivity contribution < 1.29 is 0 Å². The van der Waals surface area contributed by atoms with Crippen LogP contribution in [0.2, 0.25) is 0 Å². The molecule has 0 unspecified atom stereocenters. The largest absolute Gasteiger partial charge is 0.0619 e. The smallest absolute Gasteiger partial charge is 0.00106 e. The fourth-order valence-electron chi connectivity index (χ4n) is 13.7. The van der Waals surface area contributed by atoms with Gasteiger partial charge < -0.3 is 0 Å². The predicted molar refractivity (Wildman–Crippen MR) is 283 cm³/mol. The van der Waals surface area contributed by atoms with Crippen molar-refractivity contribution in [2.75, 3.05) is 0 Å². The van der Waals surface area contributed by atoms with E-state index in [9.17, 15) is 0 Å². The van der Waals surface area contributed by atoms with Gasteiger partial charge in [0.15, 0.2) is 0 Å². The number of hydrogen-bond donors (Lipinski definition) is 0. The van der Waals surface area contributed by atoms with Crippen LogP contribution in [-0.4, -0.2) is 0 Å². The molecule has 0 saturated heterocycles. The van der Waals surface area contributed by atoms with E-state index in [1.807, 2.05) is 0 Å². The molecule has 0 amide bonds. The van der Waals surface area contributed by atoms with Crippen LogP contribution >= 0.6 is 0 Å². The molecule has 0 atom stereocenters. The summed E-state index contributed by atoms with van der Waals surface area (Å²) < 4.78 is 0. The molecular weight excluding hydrogens is 817 g/mol. The highest BCUT2D eigenvalue weighted by Crippen LogP contribution is 2.49. The molecule has 0 bridgehead atoms. The van der Waals surface area contributed by atoms with E-state index in [2.05, 4.69) is 170 Å². The predicted octanol–water partition coefficient (Wildman–Crippen LogP) is 16.1. The summed E-state index contributed by atoms with van der Waals surface area (Å²) in [6, 6.07) is 63.3.